The molecule has 0 saturated heterocycles. The lowest BCUT2D eigenvalue weighted by Gasteiger charge is -2.22. The predicted octanol–water partition coefficient (Wildman–Crippen LogP) is 2.35. The molecule has 0 bridgehead atoms. The Morgan fingerprint density at radius 1 is 1.24 bits per heavy atom. The Morgan fingerprint density at radius 3 is 2.35 bits per heavy atom. The van der Waals surface area contributed by atoms with Crippen molar-refractivity contribution < 1.29 is 14.3 Å². The van der Waals surface area contributed by atoms with Crippen LogP contribution >= 0.6 is 0 Å². The van der Waals surface area contributed by atoms with Crippen LogP contribution in [0, 0.1) is 5.92 Å². The van der Waals surface area contributed by atoms with Crippen LogP contribution < -0.4 is 10.1 Å². The summed E-state index contributed by atoms with van der Waals surface area (Å²) in [6.07, 6.45) is 2.98. The molecule has 1 N–H and O–H groups in total. The van der Waals surface area contributed by atoms with Gasteiger partial charge in [-0.15, -0.1) is 0 Å². The van der Waals surface area contributed by atoms with Crippen LogP contribution in [0.1, 0.15) is 26.2 Å². The normalized spacial score (nSPS) is 14.9. The molecule has 4 heteroatoms. The number of benzene rings is 1. The zero-order chi connectivity index (χ0) is 12.3. The van der Waals surface area contributed by atoms with Crippen LogP contribution in [0.2, 0.25) is 0 Å². The summed E-state index contributed by atoms with van der Waals surface area (Å²) in [5, 5.41) is 2.65. The molecule has 17 heavy (non-hydrogen) atoms. The second kappa shape index (κ2) is 4.99. The van der Waals surface area contributed by atoms with Gasteiger partial charge >= 0.3 is 5.97 Å². The largest absolute Gasteiger partial charge is 0.426 e. The lowest BCUT2D eigenvalue weighted by molar-refractivity contribution is -0.141. The average Bonchev–Trinajstić information content (AvgIpc) is 2.17. The predicted molar refractivity (Wildman–Crippen MR) is 63.7 cm³/mol. The van der Waals surface area contributed by atoms with Crippen molar-refractivity contribution in [2.75, 3.05) is 5.32 Å². The van der Waals surface area contributed by atoms with Crippen molar-refractivity contribution in [1.29, 1.82) is 0 Å². The van der Waals surface area contributed by atoms with Gasteiger partial charge in [-0.25, -0.2) is 0 Å². The number of esters is 1. The van der Waals surface area contributed by atoms with Gasteiger partial charge in [-0.1, -0.05) is 6.42 Å². The smallest absolute Gasteiger partial charge is 0.314 e. The van der Waals surface area contributed by atoms with Crippen molar-refractivity contribution in [2.24, 2.45) is 5.92 Å². The third-order valence-corrected chi connectivity index (χ3v) is 2.83. The fourth-order valence-corrected chi connectivity index (χ4v) is 1.65. The van der Waals surface area contributed by atoms with Crippen LogP contribution in [0.3, 0.4) is 0 Å². The van der Waals surface area contributed by atoms with Crippen molar-refractivity contribution >= 4 is 17.6 Å². The Labute approximate surface area is 100.0 Å². The number of nitrogens with one attached hydrogen (secondary N) is 1. The fraction of sp³-hybridized carbons (Fsp3) is 0.385. The molecule has 0 radical (unpaired) electrons. The van der Waals surface area contributed by atoms with E-state index in [4.69, 9.17) is 4.74 Å². The maximum atomic E-state index is 11.6. The van der Waals surface area contributed by atoms with Crippen molar-refractivity contribution in [3.8, 4) is 5.75 Å². The number of hydrogen-bond donors (Lipinski definition) is 1. The Bertz CT molecular complexity index is 421. The van der Waals surface area contributed by atoms with E-state index in [1.165, 1.54) is 6.92 Å². The van der Waals surface area contributed by atoms with Gasteiger partial charge in [0.1, 0.15) is 5.75 Å². The minimum atomic E-state index is -0.150. The third kappa shape index (κ3) is 3.06. The van der Waals surface area contributed by atoms with Crippen LogP contribution in [0.5, 0.6) is 5.75 Å². The Hall–Kier alpha value is -1.84. The van der Waals surface area contributed by atoms with E-state index in [1.54, 1.807) is 24.3 Å². The van der Waals surface area contributed by atoms with Gasteiger partial charge in [0.2, 0.25) is 5.91 Å². The minimum absolute atomic E-state index is 0.0741. The molecule has 0 spiro atoms. The molecule has 4 nitrogen and oxygen atoms in total. The van der Waals surface area contributed by atoms with E-state index in [1.807, 2.05) is 0 Å². The van der Waals surface area contributed by atoms with Crippen LogP contribution in [0.15, 0.2) is 24.3 Å². The van der Waals surface area contributed by atoms with Gasteiger partial charge in [-0.2, -0.15) is 0 Å². The molecule has 1 fully saturated rings. The average molecular weight is 233 g/mol. The summed E-state index contributed by atoms with van der Waals surface area (Å²) in [4.78, 5) is 22.4. The standard InChI is InChI=1S/C13H15NO3/c1-9(15)14-11-5-7-12(8-6-11)17-13(16)10-3-2-4-10/h5-8,10H,2-4H2,1H3,(H,14,15). The lowest BCUT2D eigenvalue weighted by Crippen LogP contribution is -2.26. The molecule has 2 rings (SSSR count). The number of carbonyl (C=O) groups is 2. The molecule has 1 aliphatic carbocycles. The molecule has 0 aliphatic heterocycles. The molecule has 1 amide bonds. The highest BCUT2D eigenvalue weighted by atomic mass is 16.5. The molecule has 1 aliphatic rings. The molecule has 0 aromatic heterocycles. The van der Waals surface area contributed by atoms with Crippen LogP contribution in [-0.4, -0.2) is 11.9 Å². The van der Waals surface area contributed by atoms with Gasteiger partial charge in [0, 0.05) is 12.6 Å². The van der Waals surface area contributed by atoms with E-state index in [0.29, 0.717) is 11.4 Å². The zero-order valence-corrected chi connectivity index (χ0v) is 9.73. The molecule has 0 atom stereocenters. The van der Waals surface area contributed by atoms with Gasteiger partial charge in [0.25, 0.3) is 0 Å². The summed E-state index contributed by atoms with van der Waals surface area (Å²) in [5.74, 6) is 0.328. The van der Waals surface area contributed by atoms with Crippen molar-refractivity contribution in [1.82, 2.24) is 0 Å². The topological polar surface area (TPSA) is 55.4 Å². The maximum Gasteiger partial charge on any atom is 0.314 e. The number of anilines is 1. The van der Waals surface area contributed by atoms with E-state index >= 15 is 0 Å². The number of carbonyl (C=O) groups excluding carboxylic acids is 2. The summed E-state index contributed by atoms with van der Waals surface area (Å²) in [5.41, 5.74) is 0.695. The van der Waals surface area contributed by atoms with Gasteiger partial charge in [0.05, 0.1) is 5.92 Å². The fourth-order valence-electron chi connectivity index (χ4n) is 1.65. The lowest BCUT2D eigenvalue weighted by atomic mass is 9.86. The van der Waals surface area contributed by atoms with Gasteiger partial charge in [0.15, 0.2) is 0 Å². The van der Waals surface area contributed by atoms with Crippen molar-refractivity contribution in [3.63, 3.8) is 0 Å². The Kier molecular flexibility index (Phi) is 3.42. The molecular weight excluding hydrogens is 218 g/mol. The highest BCUT2D eigenvalue weighted by Crippen LogP contribution is 2.28. The first-order chi connectivity index (χ1) is 8.15. The quantitative estimate of drug-likeness (QED) is 0.644. The number of ether oxygens (including phenoxy) is 1. The van der Waals surface area contributed by atoms with Crippen LogP contribution in [0.25, 0.3) is 0 Å². The first-order valence-corrected chi connectivity index (χ1v) is 5.74. The molecule has 0 heterocycles. The third-order valence-electron chi connectivity index (χ3n) is 2.83. The summed E-state index contributed by atoms with van der Waals surface area (Å²) in [7, 11) is 0. The SMILES string of the molecule is CC(=O)Nc1ccc(OC(=O)C2CCC2)cc1. The van der Waals surface area contributed by atoms with E-state index in [-0.39, 0.29) is 17.8 Å². The summed E-state index contributed by atoms with van der Waals surface area (Å²) in [6, 6.07) is 6.79. The zero-order valence-electron chi connectivity index (χ0n) is 9.73. The molecule has 0 unspecified atom stereocenters. The van der Waals surface area contributed by atoms with Gasteiger partial charge < -0.3 is 10.1 Å². The van der Waals surface area contributed by atoms with Crippen molar-refractivity contribution in [2.45, 2.75) is 26.2 Å². The number of hydrogen-bond acceptors (Lipinski definition) is 3. The Morgan fingerprint density at radius 2 is 1.88 bits per heavy atom. The van der Waals surface area contributed by atoms with Crippen LogP contribution in [-0.2, 0) is 9.59 Å². The molecule has 1 aromatic carbocycles. The maximum absolute atomic E-state index is 11.6. The van der Waals surface area contributed by atoms with Crippen molar-refractivity contribution in [3.05, 3.63) is 24.3 Å². The minimum Gasteiger partial charge on any atom is -0.426 e. The van der Waals surface area contributed by atoms with E-state index in [9.17, 15) is 9.59 Å². The van der Waals surface area contributed by atoms with Gasteiger partial charge in [-0.05, 0) is 37.1 Å². The highest BCUT2D eigenvalue weighted by Gasteiger charge is 2.26. The summed E-state index contributed by atoms with van der Waals surface area (Å²) < 4.78 is 5.23. The second-order valence-electron chi connectivity index (χ2n) is 4.25. The number of amides is 1. The summed E-state index contributed by atoms with van der Waals surface area (Å²) in [6.45, 7) is 1.45. The molecule has 90 valence electrons. The first kappa shape index (κ1) is 11.6. The van der Waals surface area contributed by atoms with E-state index < -0.39 is 0 Å². The molecular formula is C13H15NO3. The van der Waals surface area contributed by atoms with Gasteiger partial charge in [-0.3, -0.25) is 9.59 Å². The Balaban J connectivity index is 1.93. The number of rotatable bonds is 3. The highest BCUT2D eigenvalue weighted by molar-refractivity contribution is 5.88. The van der Waals surface area contributed by atoms with E-state index in [0.717, 1.165) is 19.3 Å². The monoisotopic (exact) mass is 233 g/mol. The summed E-state index contributed by atoms with van der Waals surface area (Å²) >= 11 is 0. The van der Waals surface area contributed by atoms with E-state index in [2.05, 4.69) is 5.32 Å². The molecule has 1 saturated carbocycles. The first-order valence-electron chi connectivity index (χ1n) is 5.74. The second-order valence-corrected chi connectivity index (χ2v) is 4.25. The molecule has 1 aromatic rings. The van der Waals surface area contributed by atoms with Crippen LogP contribution in [0.4, 0.5) is 5.69 Å².